The minimum Gasteiger partial charge on any atom is -0.304 e. The van der Waals surface area contributed by atoms with E-state index < -0.39 is 0 Å². The average Bonchev–Trinajstić information content (AvgIpc) is 2.86. The molecule has 2 aliphatic heterocycles. The van der Waals surface area contributed by atoms with Gasteiger partial charge in [-0.05, 0) is 30.8 Å². The predicted molar refractivity (Wildman–Crippen MR) is 109 cm³/mol. The van der Waals surface area contributed by atoms with Crippen LogP contribution < -0.4 is 5.43 Å². The Labute approximate surface area is 167 Å². The molecule has 9 heteroatoms. The van der Waals surface area contributed by atoms with Crippen molar-refractivity contribution in [2.45, 2.75) is 0 Å². The molecule has 1 N–H and O–H groups in total. The number of hydrazine groups is 1. The van der Waals surface area contributed by atoms with Crippen molar-refractivity contribution < 1.29 is 9.59 Å². The Morgan fingerprint density at radius 1 is 1.27 bits per heavy atom. The summed E-state index contributed by atoms with van der Waals surface area (Å²) in [6.07, 6.45) is 1.76. The molecule has 1 aromatic carbocycles. The van der Waals surface area contributed by atoms with E-state index in [1.54, 1.807) is 18.2 Å². The fourth-order valence-electron chi connectivity index (χ4n) is 2.62. The van der Waals surface area contributed by atoms with Gasteiger partial charge < -0.3 is 4.90 Å². The minimum atomic E-state index is -0.247. The van der Waals surface area contributed by atoms with Crippen LogP contribution in [0.2, 0.25) is 5.02 Å². The van der Waals surface area contributed by atoms with Crippen LogP contribution in [0.1, 0.15) is 5.56 Å². The Kier molecular flexibility index (Phi) is 6.31. The van der Waals surface area contributed by atoms with Crippen LogP contribution in [0.5, 0.6) is 0 Å². The molecule has 2 saturated heterocycles. The zero-order valence-corrected chi connectivity index (χ0v) is 16.7. The van der Waals surface area contributed by atoms with Crippen LogP contribution in [0.25, 0.3) is 6.08 Å². The molecule has 2 heterocycles. The van der Waals surface area contributed by atoms with E-state index in [1.165, 1.54) is 16.7 Å². The van der Waals surface area contributed by atoms with Crippen molar-refractivity contribution in [3.63, 3.8) is 0 Å². The van der Waals surface area contributed by atoms with Crippen molar-refractivity contribution in [1.29, 1.82) is 0 Å². The van der Waals surface area contributed by atoms with Gasteiger partial charge in [0.15, 0.2) is 0 Å². The summed E-state index contributed by atoms with van der Waals surface area (Å²) in [6.45, 7) is 3.24. The Morgan fingerprint density at radius 2 is 1.92 bits per heavy atom. The van der Waals surface area contributed by atoms with Gasteiger partial charge in [-0.3, -0.25) is 19.9 Å². The number of amides is 2. The van der Waals surface area contributed by atoms with E-state index in [4.69, 9.17) is 23.8 Å². The number of halogens is 1. The average molecular weight is 411 g/mol. The Balaban J connectivity index is 1.60. The summed E-state index contributed by atoms with van der Waals surface area (Å²) >= 11 is 12.4. The number of hydrogen-bond donors (Lipinski definition) is 1. The lowest BCUT2D eigenvalue weighted by molar-refractivity contribution is -0.132. The summed E-state index contributed by atoms with van der Waals surface area (Å²) in [5.41, 5.74) is 3.71. The molecular weight excluding hydrogens is 392 g/mol. The molecule has 6 nitrogen and oxygen atoms in total. The van der Waals surface area contributed by atoms with E-state index in [0.29, 0.717) is 14.2 Å². The third-order valence-electron chi connectivity index (χ3n) is 4.13. The number of thiocarbonyl (C=S) groups is 1. The van der Waals surface area contributed by atoms with Crippen LogP contribution in [0, 0.1) is 0 Å². The molecule has 26 heavy (non-hydrogen) atoms. The van der Waals surface area contributed by atoms with Crippen molar-refractivity contribution in [3.8, 4) is 0 Å². The number of carbonyl (C=O) groups is 2. The van der Waals surface area contributed by atoms with E-state index in [2.05, 4.69) is 10.3 Å². The zero-order valence-electron chi connectivity index (χ0n) is 14.3. The molecule has 3 rings (SSSR count). The summed E-state index contributed by atoms with van der Waals surface area (Å²) in [7, 11) is 2.05. The second-order valence-electron chi connectivity index (χ2n) is 6.14. The molecule has 0 aliphatic carbocycles. The highest BCUT2D eigenvalue weighted by Gasteiger charge is 2.33. The van der Waals surface area contributed by atoms with E-state index in [9.17, 15) is 9.59 Å². The van der Waals surface area contributed by atoms with Gasteiger partial charge in [-0.25, -0.2) is 5.01 Å². The lowest BCUT2D eigenvalue weighted by atomic mass is 10.2. The monoisotopic (exact) mass is 410 g/mol. The molecule has 0 saturated carbocycles. The second kappa shape index (κ2) is 8.49. The maximum atomic E-state index is 12.6. The largest absolute Gasteiger partial charge is 0.304 e. The fourth-order valence-corrected chi connectivity index (χ4v) is 4.00. The first-order chi connectivity index (χ1) is 12.4. The Hall–Kier alpha value is -1.45. The molecule has 2 aliphatic rings. The molecule has 0 spiro atoms. The van der Waals surface area contributed by atoms with Gasteiger partial charge in [-0.2, -0.15) is 0 Å². The highest BCUT2D eigenvalue weighted by Crippen LogP contribution is 2.32. The number of piperazine rings is 1. The topological polar surface area (TPSA) is 55.9 Å². The fraction of sp³-hybridized carbons (Fsp3) is 0.353. The van der Waals surface area contributed by atoms with Crippen molar-refractivity contribution in [2.75, 3.05) is 39.8 Å². The van der Waals surface area contributed by atoms with Gasteiger partial charge >= 0.3 is 0 Å². The molecule has 0 aromatic heterocycles. The van der Waals surface area contributed by atoms with Gasteiger partial charge in [0.05, 0.1) is 4.91 Å². The number of rotatable bonds is 4. The number of likely N-dealkylation sites (N-methyl/N-ethyl adjacent to an activating group) is 1. The lowest BCUT2D eigenvalue weighted by Gasteiger charge is -2.32. The summed E-state index contributed by atoms with van der Waals surface area (Å²) in [4.78, 5) is 28.9. The van der Waals surface area contributed by atoms with Crippen LogP contribution in [0.15, 0.2) is 29.2 Å². The van der Waals surface area contributed by atoms with Gasteiger partial charge in [-0.15, -0.1) is 0 Å². The van der Waals surface area contributed by atoms with Gasteiger partial charge in [0.25, 0.3) is 11.8 Å². The number of carbonyl (C=O) groups excluding carboxylic acids is 2. The van der Waals surface area contributed by atoms with E-state index in [1.807, 2.05) is 24.2 Å². The molecule has 1 aromatic rings. The molecule has 138 valence electrons. The molecular formula is C17H19ClN4O2S2. The summed E-state index contributed by atoms with van der Waals surface area (Å²) in [5.74, 6) is -0.484. The third-order valence-corrected chi connectivity index (χ3v) is 5.76. The van der Waals surface area contributed by atoms with Crippen LogP contribution in [0.3, 0.4) is 0 Å². The van der Waals surface area contributed by atoms with E-state index in [0.717, 1.165) is 31.7 Å². The van der Waals surface area contributed by atoms with Crippen molar-refractivity contribution in [3.05, 3.63) is 39.8 Å². The summed E-state index contributed by atoms with van der Waals surface area (Å²) in [5, 5.41) is 2.51. The number of nitrogens with zero attached hydrogens (tertiary/aromatic N) is 3. The molecule has 2 fully saturated rings. The Bertz CT molecular complexity index is 746. The highest BCUT2D eigenvalue weighted by molar-refractivity contribution is 8.26. The minimum absolute atomic E-state index is 0.0744. The smallest absolute Gasteiger partial charge is 0.266 e. The number of thioether (sulfide) groups is 1. The Morgan fingerprint density at radius 3 is 2.58 bits per heavy atom. The highest BCUT2D eigenvalue weighted by atomic mass is 35.5. The predicted octanol–water partition coefficient (Wildman–Crippen LogP) is 1.82. The quantitative estimate of drug-likeness (QED) is 0.603. The molecule has 0 radical (unpaired) electrons. The number of hydrogen-bond acceptors (Lipinski definition) is 6. The first-order valence-electron chi connectivity index (χ1n) is 8.16. The third kappa shape index (κ3) is 4.83. The normalized spacial score (nSPS) is 20.8. The lowest BCUT2D eigenvalue weighted by Crippen LogP contribution is -2.54. The van der Waals surface area contributed by atoms with Crippen LogP contribution >= 0.6 is 35.6 Å². The summed E-state index contributed by atoms with van der Waals surface area (Å²) < 4.78 is 0.392. The first-order valence-corrected chi connectivity index (χ1v) is 9.76. The molecule has 0 unspecified atom stereocenters. The zero-order chi connectivity index (χ0) is 18.7. The van der Waals surface area contributed by atoms with Crippen molar-refractivity contribution in [2.24, 2.45) is 0 Å². The number of nitrogens with one attached hydrogen (secondary N) is 1. The van der Waals surface area contributed by atoms with Gasteiger partial charge in [0.2, 0.25) is 0 Å². The van der Waals surface area contributed by atoms with Crippen LogP contribution in [-0.2, 0) is 9.59 Å². The van der Waals surface area contributed by atoms with Crippen molar-refractivity contribution in [1.82, 2.24) is 20.2 Å². The molecule has 0 atom stereocenters. The maximum Gasteiger partial charge on any atom is 0.266 e. The SMILES string of the molecule is CN1CCN(NC(=O)CN2C(=O)/C(=C/c3ccc(Cl)cc3)SC2=S)CC1. The standard InChI is InChI=1S/C17H19ClN4O2S2/c1-20-6-8-21(9-7-20)19-15(23)11-22-16(24)14(26-17(22)25)10-12-2-4-13(18)5-3-12/h2-5,10H,6-9,11H2,1H3,(H,19,23)/b14-10-. The van der Waals surface area contributed by atoms with Gasteiger partial charge in [-0.1, -0.05) is 47.7 Å². The van der Waals surface area contributed by atoms with Crippen LogP contribution in [-0.4, -0.2) is 70.7 Å². The summed E-state index contributed by atoms with van der Waals surface area (Å²) in [6, 6.07) is 7.18. The van der Waals surface area contributed by atoms with Gasteiger partial charge in [0.1, 0.15) is 10.9 Å². The first kappa shape index (κ1) is 19.3. The molecule has 2 amide bonds. The second-order valence-corrected chi connectivity index (χ2v) is 8.26. The van der Waals surface area contributed by atoms with E-state index >= 15 is 0 Å². The van der Waals surface area contributed by atoms with Crippen LogP contribution in [0.4, 0.5) is 0 Å². The van der Waals surface area contributed by atoms with Crippen molar-refractivity contribution >= 4 is 57.8 Å². The molecule has 0 bridgehead atoms. The van der Waals surface area contributed by atoms with E-state index in [-0.39, 0.29) is 18.4 Å². The number of benzene rings is 1. The van der Waals surface area contributed by atoms with Gasteiger partial charge in [0, 0.05) is 31.2 Å². The maximum absolute atomic E-state index is 12.6.